The third-order valence-corrected chi connectivity index (χ3v) is 3.22. The van der Waals surface area contributed by atoms with Gasteiger partial charge in [0.25, 0.3) is 5.91 Å². The van der Waals surface area contributed by atoms with Crippen LogP contribution in [0, 0.1) is 5.92 Å². The Bertz CT molecular complexity index is 468. The van der Waals surface area contributed by atoms with Crippen molar-refractivity contribution in [3.05, 3.63) is 24.3 Å². The van der Waals surface area contributed by atoms with E-state index in [1.165, 1.54) is 0 Å². The first-order valence-electron chi connectivity index (χ1n) is 7.99. The average Bonchev–Trinajstić information content (AvgIpc) is 2.39. The average molecular weight is 307 g/mol. The molecule has 1 aromatic rings. The van der Waals surface area contributed by atoms with Crippen LogP contribution in [-0.4, -0.2) is 24.2 Å². The van der Waals surface area contributed by atoms with Gasteiger partial charge in [0.05, 0.1) is 6.10 Å². The van der Waals surface area contributed by atoms with Crippen molar-refractivity contribution in [2.75, 3.05) is 11.9 Å². The largest absolute Gasteiger partial charge is 0.491 e. The van der Waals surface area contributed by atoms with Crippen molar-refractivity contribution in [3.8, 4) is 5.75 Å². The molecule has 0 unspecified atom stereocenters. The van der Waals surface area contributed by atoms with E-state index < -0.39 is 5.60 Å². The fourth-order valence-corrected chi connectivity index (χ4v) is 2.47. The van der Waals surface area contributed by atoms with E-state index in [9.17, 15) is 4.79 Å². The molecule has 1 N–H and O–H groups in total. The molecule has 0 bridgehead atoms. The molecule has 1 amide bonds. The third kappa shape index (κ3) is 5.68. The first-order valence-corrected chi connectivity index (χ1v) is 7.99. The summed E-state index contributed by atoms with van der Waals surface area (Å²) in [6, 6.07) is 7.40. The molecule has 1 atom stereocenters. The molecule has 1 rings (SSSR count). The van der Waals surface area contributed by atoms with Crippen LogP contribution in [0.4, 0.5) is 5.69 Å². The second kappa shape index (κ2) is 8.18. The highest BCUT2D eigenvalue weighted by Crippen LogP contribution is 2.24. The number of nitrogens with one attached hydrogen (secondary N) is 1. The highest BCUT2D eigenvalue weighted by Gasteiger charge is 2.34. The molecule has 22 heavy (non-hydrogen) atoms. The summed E-state index contributed by atoms with van der Waals surface area (Å²) in [5, 5.41) is 2.93. The molecule has 1 aromatic carbocycles. The second-order valence-electron chi connectivity index (χ2n) is 6.41. The SMILES string of the molecule is CCO[C@@](C)(CC(C)C)C(=O)Nc1ccc(OC(C)C)cc1. The van der Waals surface area contributed by atoms with Gasteiger partial charge >= 0.3 is 0 Å². The van der Waals surface area contributed by atoms with Crippen LogP contribution in [0.1, 0.15) is 48.0 Å². The van der Waals surface area contributed by atoms with Crippen molar-refractivity contribution >= 4 is 11.6 Å². The summed E-state index contributed by atoms with van der Waals surface area (Å²) in [6.07, 6.45) is 0.814. The van der Waals surface area contributed by atoms with E-state index in [-0.39, 0.29) is 12.0 Å². The van der Waals surface area contributed by atoms with Gasteiger partial charge in [-0.2, -0.15) is 0 Å². The van der Waals surface area contributed by atoms with E-state index in [0.29, 0.717) is 18.9 Å². The summed E-state index contributed by atoms with van der Waals surface area (Å²) >= 11 is 0. The molecule has 0 fully saturated rings. The van der Waals surface area contributed by atoms with E-state index in [1.54, 1.807) is 0 Å². The van der Waals surface area contributed by atoms with Crippen molar-refractivity contribution in [2.45, 2.75) is 59.7 Å². The van der Waals surface area contributed by atoms with Gasteiger partial charge in [-0.1, -0.05) is 13.8 Å². The Morgan fingerprint density at radius 2 is 1.77 bits per heavy atom. The van der Waals surface area contributed by atoms with Crippen molar-refractivity contribution in [3.63, 3.8) is 0 Å². The van der Waals surface area contributed by atoms with Gasteiger partial charge in [0.2, 0.25) is 0 Å². The maximum absolute atomic E-state index is 12.6. The standard InChI is InChI=1S/C18H29NO3/c1-7-21-18(6,12-13(2)3)17(20)19-15-8-10-16(11-9-15)22-14(4)5/h8-11,13-14H,7,12H2,1-6H3,(H,19,20)/t18-/m0/s1. The van der Waals surface area contributed by atoms with Crippen molar-refractivity contribution in [1.82, 2.24) is 0 Å². The zero-order valence-electron chi connectivity index (χ0n) is 14.6. The van der Waals surface area contributed by atoms with Gasteiger partial charge in [-0.25, -0.2) is 0 Å². The van der Waals surface area contributed by atoms with Crippen LogP contribution in [-0.2, 0) is 9.53 Å². The predicted octanol–water partition coefficient (Wildman–Crippen LogP) is 4.25. The summed E-state index contributed by atoms with van der Waals surface area (Å²) < 4.78 is 11.3. The first kappa shape index (κ1) is 18.5. The van der Waals surface area contributed by atoms with Crippen LogP contribution in [0.3, 0.4) is 0 Å². The Morgan fingerprint density at radius 1 is 1.18 bits per heavy atom. The van der Waals surface area contributed by atoms with E-state index >= 15 is 0 Å². The van der Waals surface area contributed by atoms with Gasteiger partial charge in [0, 0.05) is 12.3 Å². The number of carbonyl (C=O) groups excluding carboxylic acids is 1. The molecular formula is C18H29NO3. The topological polar surface area (TPSA) is 47.6 Å². The number of carbonyl (C=O) groups is 1. The Balaban J connectivity index is 2.76. The van der Waals surface area contributed by atoms with E-state index in [1.807, 2.05) is 52.0 Å². The van der Waals surface area contributed by atoms with Crippen molar-refractivity contribution in [2.24, 2.45) is 5.92 Å². The Hall–Kier alpha value is -1.55. The molecule has 0 aromatic heterocycles. The minimum Gasteiger partial charge on any atom is -0.491 e. The third-order valence-electron chi connectivity index (χ3n) is 3.22. The number of hydrogen-bond donors (Lipinski definition) is 1. The van der Waals surface area contributed by atoms with Gasteiger partial charge in [-0.3, -0.25) is 4.79 Å². The Morgan fingerprint density at radius 3 is 2.23 bits per heavy atom. The van der Waals surface area contributed by atoms with E-state index in [0.717, 1.165) is 11.4 Å². The molecule has 0 aliphatic heterocycles. The highest BCUT2D eigenvalue weighted by atomic mass is 16.5. The highest BCUT2D eigenvalue weighted by molar-refractivity contribution is 5.97. The Kier molecular flexibility index (Phi) is 6.88. The number of anilines is 1. The van der Waals surface area contributed by atoms with Crippen LogP contribution in [0.5, 0.6) is 5.75 Å². The summed E-state index contributed by atoms with van der Waals surface area (Å²) in [7, 11) is 0. The summed E-state index contributed by atoms with van der Waals surface area (Å²) in [5.41, 5.74) is -0.0634. The van der Waals surface area contributed by atoms with Crippen LogP contribution in [0.25, 0.3) is 0 Å². The van der Waals surface area contributed by atoms with Gasteiger partial charge in [-0.05, 0) is 64.3 Å². The molecule has 0 heterocycles. The lowest BCUT2D eigenvalue weighted by Crippen LogP contribution is -2.43. The molecule has 0 spiro atoms. The van der Waals surface area contributed by atoms with Crippen molar-refractivity contribution < 1.29 is 14.3 Å². The number of hydrogen-bond acceptors (Lipinski definition) is 3. The molecule has 0 aliphatic carbocycles. The summed E-state index contributed by atoms with van der Waals surface area (Å²) in [6.45, 7) is 12.4. The molecular weight excluding hydrogens is 278 g/mol. The predicted molar refractivity (Wildman–Crippen MR) is 90.3 cm³/mol. The lowest BCUT2D eigenvalue weighted by molar-refractivity contribution is -0.140. The second-order valence-corrected chi connectivity index (χ2v) is 6.41. The first-order chi connectivity index (χ1) is 10.3. The lowest BCUT2D eigenvalue weighted by Gasteiger charge is -2.29. The van der Waals surface area contributed by atoms with Gasteiger partial charge in [0.15, 0.2) is 0 Å². The number of ether oxygens (including phenoxy) is 2. The quantitative estimate of drug-likeness (QED) is 0.781. The fraction of sp³-hybridized carbons (Fsp3) is 0.611. The molecule has 4 heteroatoms. The number of benzene rings is 1. The normalized spacial score (nSPS) is 14.0. The maximum atomic E-state index is 12.6. The van der Waals surface area contributed by atoms with E-state index in [2.05, 4.69) is 19.2 Å². The van der Waals surface area contributed by atoms with Crippen LogP contribution >= 0.6 is 0 Å². The molecule has 0 saturated carbocycles. The molecule has 4 nitrogen and oxygen atoms in total. The zero-order valence-corrected chi connectivity index (χ0v) is 14.6. The van der Waals surface area contributed by atoms with Crippen LogP contribution in [0.2, 0.25) is 0 Å². The fourth-order valence-electron chi connectivity index (χ4n) is 2.47. The molecule has 124 valence electrons. The van der Waals surface area contributed by atoms with Gasteiger partial charge < -0.3 is 14.8 Å². The molecule has 0 saturated heterocycles. The van der Waals surface area contributed by atoms with Gasteiger partial charge in [-0.15, -0.1) is 0 Å². The summed E-state index contributed by atoms with van der Waals surface area (Å²) in [5.74, 6) is 1.06. The molecule has 0 aliphatic rings. The number of rotatable bonds is 8. The number of amides is 1. The zero-order chi connectivity index (χ0) is 16.8. The van der Waals surface area contributed by atoms with E-state index in [4.69, 9.17) is 9.47 Å². The van der Waals surface area contributed by atoms with Gasteiger partial charge in [0.1, 0.15) is 11.4 Å². The van der Waals surface area contributed by atoms with Crippen molar-refractivity contribution in [1.29, 1.82) is 0 Å². The lowest BCUT2D eigenvalue weighted by atomic mass is 9.93. The monoisotopic (exact) mass is 307 g/mol. The summed E-state index contributed by atoms with van der Waals surface area (Å²) in [4.78, 5) is 12.6. The minimum absolute atomic E-state index is 0.111. The smallest absolute Gasteiger partial charge is 0.256 e. The molecule has 0 radical (unpaired) electrons. The van der Waals surface area contributed by atoms with Crippen LogP contribution < -0.4 is 10.1 Å². The van der Waals surface area contributed by atoms with Crippen LogP contribution in [0.15, 0.2) is 24.3 Å². The Labute approximate surface area is 134 Å². The maximum Gasteiger partial charge on any atom is 0.256 e. The minimum atomic E-state index is -0.810.